The molecule has 0 aliphatic heterocycles. The fourth-order valence-corrected chi connectivity index (χ4v) is 1.41. The van der Waals surface area contributed by atoms with Crippen molar-refractivity contribution in [2.75, 3.05) is 13.2 Å². The molecule has 0 bridgehead atoms. The third kappa shape index (κ3) is 5.72. The zero-order valence-electron chi connectivity index (χ0n) is 11.6. The van der Waals surface area contributed by atoms with Crippen molar-refractivity contribution in [2.24, 2.45) is 11.8 Å². The molecule has 0 rings (SSSR count). The van der Waals surface area contributed by atoms with Gasteiger partial charge in [-0.1, -0.05) is 12.8 Å². The molecule has 0 saturated heterocycles. The lowest BCUT2D eigenvalue weighted by Gasteiger charge is -2.16. The average molecular weight is 254 g/mol. The van der Waals surface area contributed by atoms with E-state index in [1.807, 2.05) is 6.92 Å². The van der Waals surface area contributed by atoms with E-state index in [1.165, 1.54) is 0 Å². The SMILES string of the molecule is CCCC#CC(C)C(C(=O)OCC)C(=O)OCC. The van der Waals surface area contributed by atoms with Gasteiger partial charge in [0.05, 0.1) is 13.2 Å². The maximum atomic E-state index is 11.7. The Bertz CT molecular complexity index is 306. The molecule has 0 aromatic heterocycles. The molecule has 0 aromatic carbocycles. The van der Waals surface area contributed by atoms with Crippen molar-refractivity contribution in [1.82, 2.24) is 0 Å². The van der Waals surface area contributed by atoms with Crippen molar-refractivity contribution in [3.63, 3.8) is 0 Å². The second kappa shape index (κ2) is 9.52. The highest BCUT2D eigenvalue weighted by atomic mass is 16.6. The lowest BCUT2D eigenvalue weighted by atomic mass is 9.94. The van der Waals surface area contributed by atoms with E-state index in [0.29, 0.717) is 0 Å². The van der Waals surface area contributed by atoms with Crippen LogP contribution in [0.4, 0.5) is 0 Å². The minimum atomic E-state index is -0.950. The Labute approximate surface area is 109 Å². The Morgan fingerprint density at radius 2 is 1.56 bits per heavy atom. The summed E-state index contributed by atoms with van der Waals surface area (Å²) in [7, 11) is 0. The smallest absolute Gasteiger partial charge is 0.321 e. The number of hydrogen-bond acceptors (Lipinski definition) is 4. The van der Waals surface area contributed by atoms with Crippen LogP contribution < -0.4 is 0 Å². The Balaban J connectivity index is 4.80. The highest BCUT2D eigenvalue weighted by Gasteiger charge is 2.34. The van der Waals surface area contributed by atoms with Crippen molar-refractivity contribution >= 4 is 11.9 Å². The predicted molar refractivity (Wildman–Crippen MR) is 68.6 cm³/mol. The number of carbonyl (C=O) groups excluding carboxylic acids is 2. The summed E-state index contributed by atoms with van der Waals surface area (Å²) >= 11 is 0. The average Bonchev–Trinajstić information content (AvgIpc) is 2.30. The van der Waals surface area contributed by atoms with Crippen LogP contribution in [-0.4, -0.2) is 25.2 Å². The van der Waals surface area contributed by atoms with Crippen LogP contribution in [0.3, 0.4) is 0 Å². The molecular weight excluding hydrogens is 232 g/mol. The van der Waals surface area contributed by atoms with Gasteiger partial charge in [-0.25, -0.2) is 0 Å². The van der Waals surface area contributed by atoms with Gasteiger partial charge in [-0.2, -0.15) is 0 Å². The van der Waals surface area contributed by atoms with E-state index >= 15 is 0 Å². The first kappa shape index (κ1) is 16.5. The third-order valence-corrected chi connectivity index (χ3v) is 2.29. The molecule has 0 amide bonds. The Morgan fingerprint density at radius 3 is 1.94 bits per heavy atom. The monoisotopic (exact) mass is 254 g/mol. The molecule has 4 nitrogen and oxygen atoms in total. The zero-order chi connectivity index (χ0) is 14.0. The van der Waals surface area contributed by atoms with E-state index in [2.05, 4.69) is 11.8 Å². The lowest BCUT2D eigenvalue weighted by Crippen LogP contribution is -2.32. The van der Waals surface area contributed by atoms with Crippen LogP contribution in [0.1, 0.15) is 40.5 Å². The Kier molecular flexibility index (Phi) is 8.73. The molecule has 0 radical (unpaired) electrons. The van der Waals surface area contributed by atoms with Gasteiger partial charge in [0.1, 0.15) is 0 Å². The summed E-state index contributed by atoms with van der Waals surface area (Å²) < 4.78 is 9.78. The molecule has 0 aliphatic rings. The maximum Gasteiger partial charge on any atom is 0.321 e. The van der Waals surface area contributed by atoms with Crippen molar-refractivity contribution in [2.45, 2.75) is 40.5 Å². The van der Waals surface area contributed by atoms with Gasteiger partial charge in [0.2, 0.25) is 0 Å². The molecule has 102 valence electrons. The number of esters is 2. The van der Waals surface area contributed by atoms with Gasteiger partial charge < -0.3 is 9.47 Å². The van der Waals surface area contributed by atoms with E-state index in [9.17, 15) is 9.59 Å². The lowest BCUT2D eigenvalue weighted by molar-refractivity contribution is -0.163. The molecule has 0 heterocycles. The van der Waals surface area contributed by atoms with Crippen LogP contribution in [0.2, 0.25) is 0 Å². The summed E-state index contributed by atoms with van der Waals surface area (Å²) in [5, 5.41) is 0. The van der Waals surface area contributed by atoms with Gasteiger partial charge in [-0.05, 0) is 27.2 Å². The summed E-state index contributed by atoms with van der Waals surface area (Å²) in [6.07, 6.45) is 1.70. The van der Waals surface area contributed by atoms with Gasteiger partial charge in [0.15, 0.2) is 5.92 Å². The van der Waals surface area contributed by atoms with Crippen LogP contribution in [-0.2, 0) is 19.1 Å². The molecule has 4 heteroatoms. The minimum Gasteiger partial charge on any atom is -0.465 e. The standard InChI is InChI=1S/C14H22O4/c1-5-8-9-10-11(4)12(13(15)17-6-2)14(16)18-7-3/h11-12H,5-8H2,1-4H3. The number of carbonyl (C=O) groups is 2. The topological polar surface area (TPSA) is 52.6 Å². The third-order valence-electron chi connectivity index (χ3n) is 2.29. The van der Waals surface area contributed by atoms with Gasteiger partial charge in [-0.15, -0.1) is 5.92 Å². The van der Waals surface area contributed by atoms with Crippen LogP contribution in [0.25, 0.3) is 0 Å². The Hall–Kier alpha value is -1.50. The first-order valence-corrected chi connectivity index (χ1v) is 6.40. The van der Waals surface area contributed by atoms with Gasteiger partial charge in [0, 0.05) is 12.3 Å². The molecule has 0 aliphatic carbocycles. The highest BCUT2D eigenvalue weighted by molar-refractivity contribution is 5.95. The second-order valence-electron chi connectivity index (χ2n) is 3.84. The van der Waals surface area contributed by atoms with Crippen molar-refractivity contribution in [3.05, 3.63) is 0 Å². The zero-order valence-corrected chi connectivity index (χ0v) is 11.6. The largest absolute Gasteiger partial charge is 0.465 e. The summed E-state index contributed by atoms with van der Waals surface area (Å²) in [6.45, 7) is 7.64. The summed E-state index contributed by atoms with van der Waals surface area (Å²) in [4.78, 5) is 23.5. The van der Waals surface area contributed by atoms with Crippen LogP contribution in [0, 0.1) is 23.7 Å². The molecule has 0 N–H and O–H groups in total. The summed E-state index contributed by atoms with van der Waals surface area (Å²) in [5.41, 5.74) is 0. The van der Waals surface area contributed by atoms with Gasteiger partial charge in [0.25, 0.3) is 0 Å². The fraction of sp³-hybridized carbons (Fsp3) is 0.714. The van der Waals surface area contributed by atoms with E-state index in [0.717, 1.165) is 12.8 Å². The Morgan fingerprint density at radius 1 is 1.06 bits per heavy atom. The normalized spacial score (nSPS) is 11.4. The van der Waals surface area contributed by atoms with Crippen molar-refractivity contribution < 1.29 is 19.1 Å². The molecule has 1 atom stereocenters. The van der Waals surface area contributed by atoms with E-state index in [-0.39, 0.29) is 13.2 Å². The molecule has 0 spiro atoms. The highest BCUT2D eigenvalue weighted by Crippen LogP contribution is 2.15. The maximum absolute atomic E-state index is 11.7. The van der Waals surface area contributed by atoms with Crippen LogP contribution in [0.5, 0.6) is 0 Å². The molecule has 0 saturated carbocycles. The fourth-order valence-electron chi connectivity index (χ4n) is 1.41. The number of ether oxygens (including phenoxy) is 2. The number of rotatable bonds is 6. The van der Waals surface area contributed by atoms with Crippen molar-refractivity contribution in [1.29, 1.82) is 0 Å². The van der Waals surface area contributed by atoms with Gasteiger partial charge >= 0.3 is 11.9 Å². The first-order chi connectivity index (χ1) is 8.58. The van der Waals surface area contributed by atoms with E-state index in [1.54, 1.807) is 20.8 Å². The van der Waals surface area contributed by atoms with E-state index in [4.69, 9.17) is 9.47 Å². The van der Waals surface area contributed by atoms with Crippen LogP contribution in [0.15, 0.2) is 0 Å². The molecule has 1 unspecified atom stereocenters. The molecular formula is C14H22O4. The van der Waals surface area contributed by atoms with Crippen molar-refractivity contribution in [3.8, 4) is 11.8 Å². The predicted octanol–water partition coefficient (Wildman–Crippen LogP) is 2.17. The number of hydrogen-bond donors (Lipinski definition) is 0. The van der Waals surface area contributed by atoms with Crippen LogP contribution >= 0.6 is 0 Å². The van der Waals surface area contributed by atoms with E-state index < -0.39 is 23.8 Å². The molecule has 18 heavy (non-hydrogen) atoms. The number of unbranched alkanes of at least 4 members (excludes halogenated alkanes) is 1. The summed E-state index contributed by atoms with van der Waals surface area (Å²) in [6, 6.07) is 0. The quantitative estimate of drug-likeness (QED) is 0.414. The summed E-state index contributed by atoms with van der Waals surface area (Å²) in [5.74, 6) is 3.39. The van der Waals surface area contributed by atoms with Gasteiger partial charge in [-0.3, -0.25) is 9.59 Å². The molecule has 0 fully saturated rings. The molecule has 0 aromatic rings. The first-order valence-electron chi connectivity index (χ1n) is 6.40. The minimum absolute atomic E-state index is 0.240. The second-order valence-corrected chi connectivity index (χ2v) is 3.84.